The molecule has 4 N–H and O–H groups in total. The third kappa shape index (κ3) is 8.46. The Morgan fingerprint density at radius 3 is 2.73 bits per heavy atom. The fourth-order valence-corrected chi connectivity index (χ4v) is 3.48. The number of carbonyl (C=O) groups excluding carboxylic acids is 1. The quantitative estimate of drug-likeness (QED) is 0.220. The standard InChI is InChI=1S/C22H34N8O2.HI/c1-5-23-21(26-18-10-11-20-28-19(14-32-4)29-30(20)13-18)24-12-16-6-8-17(9-7-16)27-22(31)25-15(2)3;/h6-9,15,18H,5,10-14H2,1-4H3,(H2,23,24,26)(H2,25,27,31);1H. The molecule has 1 atom stereocenters. The van der Waals surface area contributed by atoms with Crippen molar-refractivity contribution in [1.82, 2.24) is 30.7 Å². The Hall–Kier alpha value is -2.41. The number of urea groups is 1. The minimum Gasteiger partial charge on any atom is -0.377 e. The van der Waals surface area contributed by atoms with Crippen LogP contribution >= 0.6 is 24.0 Å². The number of guanidine groups is 1. The molecule has 2 aromatic rings. The monoisotopic (exact) mass is 570 g/mol. The molecule has 0 spiro atoms. The van der Waals surface area contributed by atoms with E-state index in [-0.39, 0.29) is 42.1 Å². The molecule has 2 amide bonds. The number of anilines is 1. The molecular weight excluding hydrogens is 535 g/mol. The molecule has 182 valence electrons. The maximum atomic E-state index is 11.8. The molecule has 10 nitrogen and oxygen atoms in total. The molecule has 1 unspecified atom stereocenters. The number of aliphatic imine (C=N–C) groups is 1. The molecular formula is C22H35IN8O2. The van der Waals surface area contributed by atoms with Crippen LogP contribution in [0, 0.1) is 0 Å². The number of nitrogens with one attached hydrogen (secondary N) is 4. The lowest BCUT2D eigenvalue weighted by molar-refractivity contribution is 0.177. The van der Waals surface area contributed by atoms with Crippen LogP contribution in [0.3, 0.4) is 0 Å². The first-order chi connectivity index (χ1) is 15.5. The number of nitrogens with zero attached hydrogens (tertiary/aromatic N) is 4. The van der Waals surface area contributed by atoms with E-state index in [9.17, 15) is 4.79 Å². The molecule has 1 aliphatic heterocycles. The van der Waals surface area contributed by atoms with Gasteiger partial charge in [-0.3, -0.25) is 0 Å². The maximum absolute atomic E-state index is 11.8. The summed E-state index contributed by atoms with van der Waals surface area (Å²) in [6.07, 6.45) is 1.83. The molecule has 33 heavy (non-hydrogen) atoms. The molecule has 0 bridgehead atoms. The number of fused-ring (bicyclic) bond motifs is 1. The number of ether oxygens (including phenoxy) is 1. The summed E-state index contributed by atoms with van der Waals surface area (Å²) in [5.41, 5.74) is 1.81. The van der Waals surface area contributed by atoms with Crippen molar-refractivity contribution >= 4 is 41.7 Å². The summed E-state index contributed by atoms with van der Waals surface area (Å²) in [6, 6.07) is 7.82. The second-order valence-electron chi connectivity index (χ2n) is 8.08. The fraction of sp³-hybridized carbons (Fsp3) is 0.545. The first-order valence-electron chi connectivity index (χ1n) is 11.1. The van der Waals surface area contributed by atoms with Gasteiger partial charge in [-0.2, -0.15) is 5.10 Å². The molecule has 0 saturated heterocycles. The van der Waals surface area contributed by atoms with Gasteiger partial charge in [0.1, 0.15) is 12.4 Å². The highest BCUT2D eigenvalue weighted by Crippen LogP contribution is 2.14. The van der Waals surface area contributed by atoms with Crippen LogP contribution in [0.2, 0.25) is 0 Å². The maximum Gasteiger partial charge on any atom is 0.319 e. The fourth-order valence-electron chi connectivity index (χ4n) is 3.48. The predicted octanol–water partition coefficient (Wildman–Crippen LogP) is 2.64. The van der Waals surface area contributed by atoms with Crippen molar-refractivity contribution < 1.29 is 9.53 Å². The zero-order valence-electron chi connectivity index (χ0n) is 19.7. The summed E-state index contributed by atoms with van der Waals surface area (Å²) in [7, 11) is 1.65. The summed E-state index contributed by atoms with van der Waals surface area (Å²) in [5, 5.41) is 17.0. The van der Waals surface area contributed by atoms with E-state index in [4.69, 9.17) is 9.73 Å². The van der Waals surface area contributed by atoms with Crippen LogP contribution in [0.5, 0.6) is 0 Å². The number of rotatable bonds is 8. The Morgan fingerprint density at radius 1 is 1.30 bits per heavy atom. The lowest BCUT2D eigenvalue weighted by atomic mass is 10.1. The number of benzene rings is 1. The van der Waals surface area contributed by atoms with Gasteiger partial charge in [0.25, 0.3) is 0 Å². The second kappa shape index (κ2) is 13.3. The van der Waals surface area contributed by atoms with E-state index in [1.165, 1.54) is 0 Å². The van der Waals surface area contributed by atoms with E-state index in [1.54, 1.807) is 7.11 Å². The highest BCUT2D eigenvalue weighted by molar-refractivity contribution is 14.0. The minimum absolute atomic E-state index is 0. The van der Waals surface area contributed by atoms with Crippen LogP contribution in [0.4, 0.5) is 10.5 Å². The Bertz CT molecular complexity index is 914. The van der Waals surface area contributed by atoms with Gasteiger partial charge in [-0.25, -0.2) is 19.5 Å². The molecule has 0 aliphatic carbocycles. The first kappa shape index (κ1) is 26.8. The topological polar surface area (TPSA) is 117 Å². The van der Waals surface area contributed by atoms with Crippen molar-refractivity contribution in [2.75, 3.05) is 19.0 Å². The molecule has 0 radical (unpaired) electrons. The highest BCUT2D eigenvalue weighted by Gasteiger charge is 2.22. The Morgan fingerprint density at radius 2 is 2.06 bits per heavy atom. The van der Waals surface area contributed by atoms with E-state index in [2.05, 4.69) is 31.3 Å². The minimum atomic E-state index is -0.207. The average Bonchev–Trinajstić information content (AvgIpc) is 3.14. The van der Waals surface area contributed by atoms with Gasteiger partial charge in [0.2, 0.25) is 0 Å². The third-order valence-corrected chi connectivity index (χ3v) is 4.91. The summed E-state index contributed by atoms with van der Waals surface area (Å²) >= 11 is 0. The lowest BCUT2D eigenvalue weighted by Crippen LogP contribution is -2.47. The van der Waals surface area contributed by atoms with E-state index in [1.807, 2.05) is 49.7 Å². The largest absolute Gasteiger partial charge is 0.377 e. The van der Waals surface area contributed by atoms with Gasteiger partial charge < -0.3 is 26.0 Å². The number of halogens is 1. The molecule has 2 heterocycles. The zero-order valence-corrected chi connectivity index (χ0v) is 22.1. The van der Waals surface area contributed by atoms with Crippen LogP contribution in [-0.2, 0) is 30.9 Å². The number of carbonyl (C=O) groups is 1. The highest BCUT2D eigenvalue weighted by atomic mass is 127. The van der Waals surface area contributed by atoms with E-state index >= 15 is 0 Å². The van der Waals surface area contributed by atoms with Crippen molar-refractivity contribution in [3.05, 3.63) is 41.5 Å². The van der Waals surface area contributed by atoms with Crippen LogP contribution in [-0.4, -0.2) is 52.5 Å². The number of amides is 2. The Balaban J connectivity index is 0.00000385. The average molecular weight is 570 g/mol. The van der Waals surface area contributed by atoms with Crippen LogP contribution in [0.1, 0.15) is 44.4 Å². The second-order valence-corrected chi connectivity index (χ2v) is 8.08. The van der Waals surface area contributed by atoms with Gasteiger partial charge in [-0.15, -0.1) is 24.0 Å². The molecule has 1 aliphatic rings. The molecule has 1 aromatic carbocycles. The third-order valence-electron chi connectivity index (χ3n) is 4.91. The van der Waals surface area contributed by atoms with Crippen molar-refractivity contribution in [3.8, 4) is 0 Å². The number of aryl methyl sites for hydroxylation is 1. The molecule has 11 heteroatoms. The molecule has 1 aromatic heterocycles. The zero-order chi connectivity index (χ0) is 22.9. The lowest BCUT2D eigenvalue weighted by Gasteiger charge is -2.25. The van der Waals surface area contributed by atoms with Crippen LogP contribution < -0.4 is 21.3 Å². The van der Waals surface area contributed by atoms with Crippen LogP contribution in [0.25, 0.3) is 0 Å². The molecule has 3 rings (SSSR count). The predicted molar refractivity (Wildman–Crippen MR) is 140 cm³/mol. The number of aromatic nitrogens is 3. The van der Waals surface area contributed by atoms with E-state index in [0.29, 0.717) is 13.2 Å². The number of hydrogen-bond donors (Lipinski definition) is 4. The number of hydrogen-bond acceptors (Lipinski definition) is 5. The van der Waals surface area contributed by atoms with Gasteiger partial charge in [-0.1, -0.05) is 12.1 Å². The molecule has 0 saturated carbocycles. The van der Waals surface area contributed by atoms with E-state index < -0.39 is 0 Å². The summed E-state index contributed by atoms with van der Waals surface area (Å²) in [5.74, 6) is 2.51. The number of methoxy groups -OCH3 is 1. The summed E-state index contributed by atoms with van der Waals surface area (Å²) < 4.78 is 7.10. The Kier molecular flexibility index (Phi) is 10.8. The smallest absolute Gasteiger partial charge is 0.319 e. The van der Waals surface area contributed by atoms with E-state index in [0.717, 1.165) is 54.8 Å². The van der Waals surface area contributed by atoms with Gasteiger partial charge in [0, 0.05) is 37.8 Å². The van der Waals surface area contributed by atoms with Crippen molar-refractivity contribution in [3.63, 3.8) is 0 Å². The summed E-state index contributed by atoms with van der Waals surface area (Å²) in [6.45, 7) is 8.38. The first-order valence-corrected chi connectivity index (χ1v) is 11.1. The van der Waals surface area contributed by atoms with Gasteiger partial charge in [0.15, 0.2) is 11.8 Å². The van der Waals surface area contributed by atoms with Gasteiger partial charge in [-0.05, 0) is 44.9 Å². The SMILES string of the molecule is CCNC(=NCc1ccc(NC(=O)NC(C)C)cc1)NC1CCc2nc(COC)nn2C1.I. The van der Waals surface area contributed by atoms with Crippen LogP contribution in [0.15, 0.2) is 29.3 Å². The van der Waals surface area contributed by atoms with Gasteiger partial charge in [0.05, 0.1) is 13.1 Å². The normalized spacial score (nSPS) is 15.4. The molecule has 0 fully saturated rings. The van der Waals surface area contributed by atoms with Crippen molar-refractivity contribution in [2.45, 2.75) is 65.4 Å². The Labute approximate surface area is 212 Å². The van der Waals surface area contributed by atoms with Crippen molar-refractivity contribution in [2.24, 2.45) is 4.99 Å². The van der Waals surface area contributed by atoms with Gasteiger partial charge >= 0.3 is 6.03 Å². The summed E-state index contributed by atoms with van der Waals surface area (Å²) in [4.78, 5) is 21.1. The van der Waals surface area contributed by atoms with Crippen molar-refractivity contribution in [1.29, 1.82) is 0 Å².